The summed E-state index contributed by atoms with van der Waals surface area (Å²) in [5.41, 5.74) is 3.38. The average Bonchev–Trinajstić information content (AvgIpc) is 3.12. The molecule has 14 heteroatoms. The molecule has 2 aliphatic heterocycles. The summed E-state index contributed by atoms with van der Waals surface area (Å²) in [7, 11) is -4.34. The van der Waals surface area contributed by atoms with E-state index in [1.165, 1.54) is 60.7 Å². The molecule has 51 heavy (non-hydrogen) atoms. The molecular weight excluding hydrogens is 688 g/mol. The standard InChI is InChI=1S/C37H37F2NO10S/c38-25-9-5-23(6-10-25)30(42)18-17-29-33(40(37(29)46)27-13-11-26(39)12-14-27)24-3-1-21(2-4-24)22-7-15-28(16-8-22)50-51(47,48)20-32-35(44)36(45)34(43)31(19-41)49-32/h1-16,29-36,41-45H,17-20H2/t29-,30+,31-,32?,33-,34-,35+,36?/m1/s1. The van der Waals surface area contributed by atoms with Gasteiger partial charge in [-0.1, -0.05) is 48.5 Å². The zero-order valence-electron chi connectivity index (χ0n) is 27.1. The van der Waals surface area contributed by atoms with Crippen molar-refractivity contribution in [3.63, 3.8) is 0 Å². The first-order valence-corrected chi connectivity index (χ1v) is 17.9. The number of aliphatic hydroxyl groups excluding tert-OH is 5. The number of amides is 1. The molecule has 270 valence electrons. The predicted octanol–water partition coefficient (Wildman–Crippen LogP) is 3.40. The summed E-state index contributed by atoms with van der Waals surface area (Å²) < 4.78 is 63.1. The number of β-lactam (4-membered cyclic amide) rings is 1. The maximum Gasteiger partial charge on any atom is 0.311 e. The van der Waals surface area contributed by atoms with Gasteiger partial charge in [0.15, 0.2) is 0 Å². The number of anilines is 1. The van der Waals surface area contributed by atoms with E-state index >= 15 is 0 Å². The second-order valence-electron chi connectivity index (χ2n) is 12.7. The fourth-order valence-electron chi connectivity index (χ4n) is 6.56. The van der Waals surface area contributed by atoms with Gasteiger partial charge >= 0.3 is 10.1 Å². The summed E-state index contributed by atoms with van der Waals surface area (Å²) in [6, 6.07) is 24.4. The second kappa shape index (κ2) is 15.1. The van der Waals surface area contributed by atoms with Gasteiger partial charge in [-0.15, -0.1) is 0 Å². The first-order chi connectivity index (χ1) is 24.3. The second-order valence-corrected chi connectivity index (χ2v) is 14.3. The Balaban J connectivity index is 1.14. The fraction of sp³-hybridized carbons (Fsp3) is 0.324. The van der Waals surface area contributed by atoms with E-state index in [4.69, 9.17) is 8.92 Å². The van der Waals surface area contributed by atoms with Crippen LogP contribution in [0.4, 0.5) is 14.5 Å². The Labute approximate surface area is 293 Å². The van der Waals surface area contributed by atoms with Crippen molar-refractivity contribution in [2.24, 2.45) is 5.92 Å². The van der Waals surface area contributed by atoms with Gasteiger partial charge in [0.05, 0.1) is 24.7 Å². The molecule has 11 nitrogen and oxygen atoms in total. The topological polar surface area (TPSA) is 174 Å². The molecule has 6 rings (SSSR count). The summed E-state index contributed by atoms with van der Waals surface area (Å²) >= 11 is 0. The van der Waals surface area contributed by atoms with Gasteiger partial charge in [0.1, 0.15) is 53.7 Å². The van der Waals surface area contributed by atoms with Gasteiger partial charge in [-0.2, -0.15) is 8.42 Å². The Bertz CT molecular complexity index is 1910. The monoisotopic (exact) mass is 725 g/mol. The highest BCUT2D eigenvalue weighted by Crippen LogP contribution is 2.46. The van der Waals surface area contributed by atoms with Crippen molar-refractivity contribution in [3.05, 3.63) is 120 Å². The maximum absolute atomic E-state index is 13.7. The van der Waals surface area contributed by atoms with Gasteiger partial charge in [-0.3, -0.25) is 4.79 Å². The molecule has 0 radical (unpaired) electrons. The van der Waals surface area contributed by atoms with Crippen molar-refractivity contribution in [1.82, 2.24) is 0 Å². The van der Waals surface area contributed by atoms with Gasteiger partial charge in [0, 0.05) is 5.69 Å². The van der Waals surface area contributed by atoms with E-state index < -0.39 is 82.7 Å². The molecule has 2 saturated heterocycles. The highest BCUT2D eigenvalue weighted by molar-refractivity contribution is 7.87. The smallest absolute Gasteiger partial charge is 0.311 e. The van der Waals surface area contributed by atoms with Gasteiger partial charge in [0.2, 0.25) is 5.91 Å². The molecule has 0 bridgehead atoms. The van der Waals surface area contributed by atoms with Crippen LogP contribution in [0, 0.1) is 17.6 Å². The summed E-state index contributed by atoms with van der Waals surface area (Å²) in [4.78, 5) is 15.0. The molecule has 0 spiro atoms. The fourth-order valence-corrected chi connectivity index (χ4v) is 7.71. The van der Waals surface area contributed by atoms with E-state index in [1.807, 2.05) is 24.3 Å². The highest BCUT2D eigenvalue weighted by atomic mass is 32.2. The Kier molecular flexibility index (Phi) is 10.8. The Morgan fingerprint density at radius 1 is 0.765 bits per heavy atom. The Hall–Kier alpha value is -4.28. The van der Waals surface area contributed by atoms with Crippen LogP contribution in [0.1, 0.15) is 36.1 Å². The third kappa shape index (κ3) is 7.97. The molecule has 8 atom stereocenters. The molecule has 0 aromatic heterocycles. The number of aliphatic hydroxyl groups is 5. The van der Waals surface area contributed by atoms with E-state index in [-0.39, 0.29) is 18.1 Å². The number of benzene rings is 4. The lowest BCUT2D eigenvalue weighted by molar-refractivity contribution is -0.223. The van der Waals surface area contributed by atoms with E-state index in [9.17, 15) is 47.5 Å². The molecule has 4 aromatic carbocycles. The number of hydrogen-bond donors (Lipinski definition) is 5. The lowest BCUT2D eigenvalue weighted by atomic mass is 9.78. The third-order valence-electron chi connectivity index (χ3n) is 9.35. The molecule has 2 fully saturated rings. The van der Waals surface area contributed by atoms with E-state index in [0.717, 1.165) is 16.7 Å². The molecule has 5 N–H and O–H groups in total. The number of halogens is 2. The zero-order valence-corrected chi connectivity index (χ0v) is 27.9. The number of nitrogens with zero attached hydrogens (tertiary/aromatic N) is 1. The first kappa shape index (κ1) is 36.5. The molecule has 2 unspecified atom stereocenters. The van der Waals surface area contributed by atoms with Crippen LogP contribution in [0.3, 0.4) is 0 Å². The molecule has 2 aliphatic rings. The van der Waals surface area contributed by atoms with Crippen molar-refractivity contribution in [3.8, 4) is 16.9 Å². The summed E-state index contributed by atoms with van der Waals surface area (Å²) in [5.74, 6) is -2.36. The highest BCUT2D eigenvalue weighted by Gasteiger charge is 2.48. The minimum absolute atomic E-state index is 0.0199. The quantitative estimate of drug-likeness (QED) is 0.108. The van der Waals surface area contributed by atoms with Crippen LogP contribution in [0.5, 0.6) is 5.75 Å². The molecule has 0 saturated carbocycles. The SMILES string of the molecule is O=C1[C@H](CC[C@H](O)c2ccc(F)cc2)[C@@H](c2ccc(-c3ccc(OS(=O)(=O)CC4O[C@H](CO)[C@@H](O)C(O)[C@H]4O)cc3)cc2)N1c1ccc(F)cc1. The van der Waals surface area contributed by atoms with Crippen LogP contribution < -0.4 is 9.08 Å². The summed E-state index contributed by atoms with van der Waals surface area (Å²) in [6.07, 6.45) is -8.05. The Morgan fingerprint density at radius 3 is 1.90 bits per heavy atom. The van der Waals surface area contributed by atoms with Gasteiger partial charge < -0.3 is 39.4 Å². The maximum atomic E-state index is 13.7. The van der Waals surface area contributed by atoms with Crippen LogP contribution in [-0.4, -0.2) is 82.7 Å². The zero-order chi connectivity index (χ0) is 36.4. The average molecular weight is 726 g/mol. The molecule has 1 amide bonds. The summed E-state index contributed by atoms with van der Waals surface area (Å²) in [5, 5.41) is 50.2. The van der Waals surface area contributed by atoms with Crippen molar-refractivity contribution in [2.75, 3.05) is 17.3 Å². The van der Waals surface area contributed by atoms with Gasteiger partial charge in [-0.05, 0) is 83.6 Å². The molecule has 4 aromatic rings. The summed E-state index contributed by atoms with van der Waals surface area (Å²) in [6.45, 7) is -0.695. The lowest BCUT2D eigenvalue weighted by Gasteiger charge is -2.48. The van der Waals surface area contributed by atoms with E-state index in [0.29, 0.717) is 17.7 Å². The minimum atomic E-state index is -4.34. The van der Waals surface area contributed by atoms with E-state index in [2.05, 4.69) is 0 Å². The third-order valence-corrected chi connectivity index (χ3v) is 10.5. The number of ether oxygens (including phenoxy) is 1. The number of carbonyl (C=O) groups excluding carboxylic acids is 1. The number of carbonyl (C=O) groups is 1. The van der Waals surface area contributed by atoms with Crippen molar-refractivity contribution in [1.29, 1.82) is 0 Å². The van der Waals surface area contributed by atoms with Crippen LogP contribution in [0.2, 0.25) is 0 Å². The molecule has 0 aliphatic carbocycles. The van der Waals surface area contributed by atoms with Crippen molar-refractivity contribution < 1.29 is 56.4 Å². The molecular formula is C37H37F2NO10S. The number of rotatable bonds is 12. The minimum Gasteiger partial charge on any atom is -0.394 e. The van der Waals surface area contributed by atoms with Gasteiger partial charge in [-0.25, -0.2) is 8.78 Å². The first-order valence-electron chi connectivity index (χ1n) is 16.3. The number of hydrogen-bond acceptors (Lipinski definition) is 10. The molecule has 2 heterocycles. The van der Waals surface area contributed by atoms with Crippen LogP contribution in [0.25, 0.3) is 11.1 Å². The van der Waals surface area contributed by atoms with Crippen LogP contribution in [0.15, 0.2) is 97.1 Å². The van der Waals surface area contributed by atoms with E-state index in [1.54, 1.807) is 17.0 Å². The van der Waals surface area contributed by atoms with Crippen molar-refractivity contribution >= 4 is 21.7 Å². The van der Waals surface area contributed by atoms with Crippen LogP contribution >= 0.6 is 0 Å². The largest absolute Gasteiger partial charge is 0.394 e. The predicted molar refractivity (Wildman–Crippen MR) is 181 cm³/mol. The lowest BCUT2D eigenvalue weighted by Crippen LogP contribution is -2.60. The normalized spacial score (nSPS) is 25.7. The Morgan fingerprint density at radius 2 is 1.31 bits per heavy atom. The van der Waals surface area contributed by atoms with Gasteiger partial charge in [0.25, 0.3) is 0 Å². The van der Waals surface area contributed by atoms with Crippen molar-refractivity contribution in [2.45, 2.75) is 55.5 Å². The van der Waals surface area contributed by atoms with Crippen LogP contribution in [-0.2, 0) is 19.6 Å².